The van der Waals surface area contributed by atoms with Crippen molar-refractivity contribution in [1.29, 1.82) is 0 Å². The molecule has 0 bridgehead atoms. The molecular formula is C14H19ClN2O2. The number of rotatable bonds is 3. The normalized spacial score (nSPS) is 24.2. The molecule has 0 saturated carbocycles. The van der Waals surface area contributed by atoms with Crippen molar-refractivity contribution in [2.45, 2.75) is 19.0 Å². The first-order chi connectivity index (χ1) is 9.10. The Labute approximate surface area is 118 Å². The molecule has 0 spiro atoms. The summed E-state index contributed by atoms with van der Waals surface area (Å²) in [6, 6.07) is 7.74. The second-order valence-corrected chi connectivity index (χ2v) is 5.41. The van der Waals surface area contributed by atoms with Gasteiger partial charge in [0.15, 0.2) is 0 Å². The largest absolute Gasteiger partial charge is 0.469 e. The molecule has 1 heterocycles. The van der Waals surface area contributed by atoms with Crippen LogP contribution >= 0.6 is 11.6 Å². The number of methoxy groups -OCH3 is 1. The van der Waals surface area contributed by atoms with Crippen LogP contribution in [0.3, 0.4) is 0 Å². The van der Waals surface area contributed by atoms with Crippen LogP contribution in [0.1, 0.15) is 12.0 Å². The zero-order valence-electron chi connectivity index (χ0n) is 11.0. The van der Waals surface area contributed by atoms with E-state index in [1.807, 2.05) is 24.3 Å². The third-order valence-electron chi connectivity index (χ3n) is 3.44. The number of ether oxygens (including phenoxy) is 1. The molecule has 5 heteroatoms. The summed E-state index contributed by atoms with van der Waals surface area (Å²) in [5.41, 5.74) is 7.07. The molecule has 0 amide bonds. The maximum absolute atomic E-state index is 11.6. The number of hydrogen-bond acceptors (Lipinski definition) is 4. The standard InChI is InChI=1S/C14H19ClN2O2/c1-19-14(18)11-6-12(16)9-17(8-11)7-10-4-2-3-5-13(10)15/h2-5,11-12H,6-9,16H2,1H3. The molecular weight excluding hydrogens is 264 g/mol. The topological polar surface area (TPSA) is 55.6 Å². The predicted octanol–water partition coefficient (Wildman–Crippen LogP) is 1.66. The zero-order chi connectivity index (χ0) is 13.8. The number of benzene rings is 1. The van der Waals surface area contributed by atoms with E-state index in [0.29, 0.717) is 19.5 Å². The molecule has 1 aromatic carbocycles. The fourth-order valence-corrected chi connectivity index (χ4v) is 2.76. The maximum atomic E-state index is 11.6. The second kappa shape index (κ2) is 6.37. The van der Waals surface area contributed by atoms with Gasteiger partial charge in [-0.2, -0.15) is 0 Å². The van der Waals surface area contributed by atoms with Crippen LogP contribution in [0.25, 0.3) is 0 Å². The Bertz CT molecular complexity index is 453. The lowest BCUT2D eigenvalue weighted by atomic mass is 9.94. The summed E-state index contributed by atoms with van der Waals surface area (Å²) in [6.07, 6.45) is 0.686. The SMILES string of the molecule is COC(=O)C1CC(N)CN(Cc2ccccc2Cl)C1. The second-order valence-electron chi connectivity index (χ2n) is 5.00. The van der Waals surface area contributed by atoms with E-state index in [4.69, 9.17) is 22.1 Å². The molecule has 2 N–H and O–H groups in total. The number of nitrogens with two attached hydrogens (primary N) is 1. The van der Waals surface area contributed by atoms with Crippen LogP contribution in [0.4, 0.5) is 0 Å². The number of halogens is 1. The zero-order valence-corrected chi connectivity index (χ0v) is 11.8. The molecule has 4 nitrogen and oxygen atoms in total. The number of carbonyl (C=O) groups excluding carboxylic acids is 1. The van der Waals surface area contributed by atoms with Crippen molar-refractivity contribution in [2.24, 2.45) is 11.7 Å². The van der Waals surface area contributed by atoms with E-state index in [-0.39, 0.29) is 17.9 Å². The highest BCUT2D eigenvalue weighted by molar-refractivity contribution is 6.31. The highest BCUT2D eigenvalue weighted by Gasteiger charge is 2.30. The number of esters is 1. The molecule has 104 valence electrons. The summed E-state index contributed by atoms with van der Waals surface area (Å²) in [6.45, 7) is 2.16. The Hall–Kier alpha value is -1.10. The van der Waals surface area contributed by atoms with E-state index >= 15 is 0 Å². The van der Waals surface area contributed by atoms with Gasteiger partial charge in [0.25, 0.3) is 0 Å². The monoisotopic (exact) mass is 282 g/mol. The summed E-state index contributed by atoms with van der Waals surface area (Å²) in [5.74, 6) is -0.324. The van der Waals surface area contributed by atoms with Crippen LogP contribution in [0, 0.1) is 5.92 Å². The van der Waals surface area contributed by atoms with Crippen LogP contribution < -0.4 is 5.73 Å². The Morgan fingerprint density at radius 1 is 1.47 bits per heavy atom. The Kier molecular flexibility index (Phi) is 4.80. The molecule has 19 heavy (non-hydrogen) atoms. The average Bonchev–Trinajstić information content (AvgIpc) is 2.40. The minimum Gasteiger partial charge on any atom is -0.469 e. The Balaban J connectivity index is 2.04. The van der Waals surface area contributed by atoms with Gasteiger partial charge in [-0.25, -0.2) is 0 Å². The van der Waals surface area contributed by atoms with Crippen molar-refractivity contribution < 1.29 is 9.53 Å². The molecule has 1 aromatic rings. The quantitative estimate of drug-likeness (QED) is 0.857. The van der Waals surface area contributed by atoms with E-state index in [1.54, 1.807) is 0 Å². The first-order valence-corrected chi connectivity index (χ1v) is 6.77. The highest BCUT2D eigenvalue weighted by atomic mass is 35.5. The third-order valence-corrected chi connectivity index (χ3v) is 3.81. The van der Waals surface area contributed by atoms with E-state index < -0.39 is 0 Å². The minimum absolute atomic E-state index is 0.000313. The fraction of sp³-hybridized carbons (Fsp3) is 0.500. The van der Waals surface area contributed by atoms with Crippen LogP contribution in [0.2, 0.25) is 5.02 Å². The van der Waals surface area contributed by atoms with Crippen molar-refractivity contribution in [3.05, 3.63) is 34.9 Å². The van der Waals surface area contributed by atoms with Crippen molar-refractivity contribution in [1.82, 2.24) is 4.90 Å². The maximum Gasteiger partial charge on any atom is 0.310 e. The van der Waals surface area contributed by atoms with Gasteiger partial charge in [-0.3, -0.25) is 9.69 Å². The number of hydrogen-bond donors (Lipinski definition) is 1. The van der Waals surface area contributed by atoms with Crippen LogP contribution in [-0.4, -0.2) is 37.1 Å². The predicted molar refractivity (Wildman–Crippen MR) is 74.8 cm³/mol. The van der Waals surface area contributed by atoms with E-state index in [1.165, 1.54) is 7.11 Å². The number of likely N-dealkylation sites (tertiary alicyclic amines) is 1. The molecule has 1 aliphatic rings. The van der Waals surface area contributed by atoms with Gasteiger partial charge in [-0.05, 0) is 18.1 Å². The number of nitrogens with zero attached hydrogens (tertiary/aromatic N) is 1. The fourth-order valence-electron chi connectivity index (χ4n) is 2.57. The molecule has 2 unspecified atom stereocenters. The number of carbonyl (C=O) groups is 1. The lowest BCUT2D eigenvalue weighted by molar-refractivity contribution is -0.147. The summed E-state index contributed by atoms with van der Waals surface area (Å²) in [4.78, 5) is 13.8. The summed E-state index contributed by atoms with van der Waals surface area (Å²) >= 11 is 6.16. The lowest BCUT2D eigenvalue weighted by Gasteiger charge is -2.35. The van der Waals surface area contributed by atoms with Gasteiger partial charge in [0, 0.05) is 30.7 Å². The van der Waals surface area contributed by atoms with E-state index in [0.717, 1.165) is 17.1 Å². The molecule has 0 radical (unpaired) electrons. The van der Waals surface area contributed by atoms with Crippen molar-refractivity contribution >= 4 is 17.6 Å². The van der Waals surface area contributed by atoms with Gasteiger partial charge >= 0.3 is 5.97 Å². The smallest absolute Gasteiger partial charge is 0.310 e. The first-order valence-electron chi connectivity index (χ1n) is 6.39. The molecule has 0 aliphatic carbocycles. The molecule has 2 atom stereocenters. The van der Waals surface area contributed by atoms with Crippen molar-refractivity contribution in [2.75, 3.05) is 20.2 Å². The van der Waals surface area contributed by atoms with Gasteiger partial charge in [0.05, 0.1) is 13.0 Å². The molecule has 1 saturated heterocycles. The van der Waals surface area contributed by atoms with Crippen LogP contribution in [0.15, 0.2) is 24.3 Å². The van der Waals surface area contributed by atoms with Crippen LogP contribution in [-0.2, 0) is 16.1 Å². The summed E-state index contributed by atoms with van der Waals surface area (Å²) in [5, 5.41) is 0.747. The van der Waals surface area contributed by atoms with Gasteiger partial charge in [0.1, 0.15) is 0 Å². The third kappa shape index (κ3) is 3.69. The molecule has 1 fully saturated rings. The summed E-state index contributed by atoms with van der Waals surface area (Å²) in [7, 11) is 1.42. The van der Waals surface area contributed by atoms with E-state index in [2.05, 4.69) is 4.90 Å². The van der Waals surface area contributed by atoms with Gasteiger partial charge in [0.2, 0.25) is 0 Å². The molecule has 2 rings (SSSR count). The van der Waals surface area contributed by atoms with Gasteiger partial charge < -0.3 is 10.5 Å². The summed E-state index contributed by atoms with van der Waals surface area (Å²) < 4.78 is 4.81. The minimum atomic E-state index is -0.181. The Morgan fingerprint density at radius 2 is 2.21 bits per heavy atom. The lowest BCUT2D eigenvalue weighted by Crippen LogP contribution is -2.48. The van der Waals surface area contributed by atoms with Crippen molar-refractivity contribution in [3.8, 4) is 0 Å². The van der Waals surface area contributed by atoms with Crippen molar-refractivity contribution in [3.63, 3.8) is 0 Å². The first kappa shape index (κ1) is 14.3. The molecule has 0 aromatic heterocycles. The highest BCUT2D eigenvalue weighted by Crippen LogP contribution is 2.22. The molecule has 1 aliphatic heterocycles. The average molecular weight is 283 g/mol. The van der Waals surface area contributed by atoms with Gasteiger partial charge in [-0.15, -0.1) is 0 Å². The van der Waals surface area contributed by atoms with E-state index in [9.17, 15) is 4.79 Å². The van der Waals surface area contributed by atoms with Crippen LogP contribution in [0.5, 0.6) is 0 Å². The Morgan fingerprint density at radius 3 is 2.89 bits per heavy atom. The number of piperidine rings is 1. The van der Waals surface area contributed by atoms with Gasteiger partial charge in [-0.1, -0.05) is 29.8 Å².